The van der Waals surface area contributed by atoms with Gasteiger partial charge in [-0.2, -0.15) is 0 Å². The smallest absolute Gasteiger partial charge is 0.229 e. The quantitative estimate of drug-likeness (QED) is 0.764. The molecule has 3 heteroatoms. The van der Waals surface area contributed by atoms with Gasteiger partial charge in [0.25, 0.3) is 0 Å². The first kappa shape index (κ1) is 21.1. The monoisotopic (exact) mass is 311 g/mol. The number of carbonyl (C=O) groups is 2. The predicted octanol–water partition coefficient (Wildman–Crippen LogP) is 4.55. The summed E-state index contributed by atoms with van der Waals surface area (Å²) in [5, 5.41) is 0. The van der Waals surface area contributed by atoms with Crippen molar-refractivity contribution in [3.8, 4) is 0 Å². The summed E-state index contributed by atoms with van der Waals surface area (Å²) >= 11 is 0. The Morgan fingerprint density at radius 3 is 1.68 bits per heavy atom. The second kappa shape index (κ2) is 8.12. The maximum Gasteiger partial charge on any atom is 0.229 e. The largest absolute Gasteiger partial charge is 0.342 e. The maximum atomic E-state index is 12.8. The fourth-order valence-electron chi connectivity index (χ4n) is 2.87. The van der Waals surface area contributed by atoms with E-state index in [0.717, 1.165) is 31.8 Å². The molecule has 22 heavy (non-hydrogen) atoms. The summed E-state index contributed by atoms with van der Waals surface area (Å²) in [6.45, 7) is 19.3. The molecular weight excluding hydrogens is 274 g/mol. The minimum atomic E-state index is -0.649. The molecule has 0 N–H and O–H groups in total. The van der Waals surface area contributed by atoms with Gasteiger partial charge < -0.3 is 4.90 Å². The molecule has 0 aromatic carbocycles. The number of rotatable bonds is 4. The molecular formula is C19H37NO2. The predicted molar refractivity (Wildman–Crippen MR) is 93.7 cm³/mol. The lowest BCUT2D eigenvalue weighted by Crippen LogP contribution is -2.52. The standard InChI is InChI=1S/C17H31NO2.C2H6/c1-12(2)14-8-10-18(11-9-14)15(20)17(6,7)16(4,5)13(3)19;1-2/h12,14H,8-11H2,1-7H3;1-2H3. The summed E-state index contributed by atoms with van der Waals surface area (Å²) in [7, 11) is 0. The molecule has 1 amide bonds. The van der Waals surface area contributed by atoms with Gasteiger partial charge in [-0.1, -0.05) is 55.4 Å². The summed E-state index contributed by atoms with van der Waals surface area (Å²) in [4.78, 5) is 26.7. The third-order valence-electron chi connectivity index (χ3n) is 5.75. The van der Waals surface area contributed by atoms with Crippen molar-refractivity contribution in [2.45, 2.75) is 75.2 Å². The van der Waals surface area contributed by atoms with Crippen LogP contribution in [0, 0.1) is 22.7 Å². The van der Waals surface area contributed by atoms with E-state index in [-0.39, 0.29) is 11.7 Å². The Morgan fingerprint density at radius 2 is 1.36 bits per heavy atom. The van der Waals surface area contributed by atoms with Gasteiger partial charge in [-0.3, -0.25) is 9.59 Å². The van der Waals surface area contributed by atoms with Crippen molar-refractivity contribution in [1.82, 2.24) is 4.90 Å². The number of hydrogen-bond donors (Lipinski definition) is 0. The lowest BCUT2D eigenvalue weighted by molar-refractivity contribution is -0.154. The van der Waals surface area contributed by atoms with Crippen molar-refractivity contribution in [2.24, 2.45) is 22.7 Å². The van der Waals surface area contributed by atoms with Crippen LogP contribution in [0.1, 0.15) is 75.2 Å². The average Bonchev–Trinajstić information content (AvgIpc) is 2.48. The molecule has 0 bridgehead atoms. The van der Waals surface area contributed by atoms with Crippen molar-refractivity contribution in [3.63, 3.8) is 0 Å². The fraction of sp³-hybridized carbons (Fsp3) is 0.895. The highest BCUT2D eigenvalue weighted by Crippen LogP contribution is 2.41. The molecule has 3 nitrogen and oxygen atoms in total. The highest BCUT2D eigenvalue weighted by Gasteiger charge is 2.48. The summed E-state index contributed by atoms with van der Waals surface area (Å²) < 4.78 is 0. The number of piperidine rings is 1. The van der Waals surface area contributed by atoms with Crippen molar-refractivity contribution in [2.75, 3.05) is 13.1 Å². The van der Waals surface area contributed by atoms with Crippen LogP contribution in [-0.4, -0.2) is 29.7 Å². The first-order valence-corrected chi connectivity index (χ1v) is 8.82. The second-order valence-electron chi connectivity index (χ2n) is 7.68. The van der Waals surface area contributed by atoms with E-state index in [4.69, 9.17) is 0 Å². The molecule has 0 saturated carbocycles. The van der Waals surface area contributed by atoms with E-state index in [1.54, 1.807) is 6.92 Å². The summed E-state index contributed by atoms with van der Waals surface area (Å²) in [6.07, 6.45) is 2.17. The Bertz CT molecular complexity index is 375. The van der Waals surface area contributed by atoms with E-state index >= 15 is 0 Å². The molecule has 1 saturated heterocycles. The lowest BCUT2D eigenvalue weighted by Gasteiger charge is -2.44. The zero-order chi connectivity index (χ0) is 17.7. The molecule has 0 spiro atoms. The lowest BCUT2D eigenvalue weighted by atomic mass is 9.64. The third-order valence-corrected chi connectivity index (χ3v) is 5.75. The molecule has 1 fully saturated rings. The van der Waals surface area contributed by atoms with Crippen LogP contribution in [0.15, 0.2) is 0 Å². The Hall–Kier alpha value is -0.860. The summed E-state index contributed by atoms with van der Waals surface area (Å²) in [6, 6.07) is 0. The van der Waals surface area contributed by atoms with E-state index in [1.165, 1.54) is 0 Å². The second-order valence-corrected chi connectivity index (χ2v) is 7.68. The first-order chi connectivity index (χ1) is 10.0. The fourth-order valence-corrected chi connectivity index (χ4v) is 2.87. The number of likely N-dealkylation sites (tertiary alicyclic amines) is 1. The Balaban J connectivity index is 0.00000211. The van der Waals surface area contributed by atoms with Crippen LogP contribution in [-0.2, 0) is 9.59 Å². The summed E-state index contributed by atoms with van der Waals surface area (Å²) in [5.41, 5.74) is -1.28. The highest BCUT2D eigenvalue weighted by molar-refractivity contribution is 5.92. The normalized spacial score (nSPS) is 17.1. The molecule has 0 aromatic heterocycles. The topological polar surface area (TPSA) is 37.4 Å². The van der Waals surface area contributed by atoms with E-state index < -0.39 is 10.8 Å². The Morgan fingerprint density at radius 1 is 0.955 bits per heavy atom. The SMILES string of the molecule is CC.CC(=O)C(C)(C)C(C)(C)C(=O)N1CCC(C(C)C)CC1. The minimum absolute atomic E-state index is 0.0768. The van der Waals surface area contributed by atoms with Gasteiger partial charge in [-0.25, -0.2) is 0 Å². The molecule has 0 aromatic rings. The molecule has 130 valence electrons. The number of nitrogens with zero attached hydrogens (tertiary/aromatic N) is 1. The van der Waals surface area contributed by atoms with Gasteiger partial charge in [-0.05, 0) is 31.6 Å². The van der Waals surface area contributed by atoms with Crippen molar-refractivity contribution in [3.05, 3.63) is 0 Å². The van der Waals surface area contributed by atoms with Gasteiger partial charge >= 0.3 is 0 Å². The molecule has 0 radical (unpaired) electrons. The molecule has 1 aliphatic heterocycles. The maximum absolute atomic E-state index is 12.8. The van der Waals surface area contributed by atoms with Gasteiger partial charge in [0.2, 0.25) is 5.91 Å². The first-order valence-electron chi connectivity index (χ1n) is 8.82. The summed E-state index contributed by atoms with van der Waals surface area (Å²) in [5.74, 6) is 1.62. The van der Waals surface area contributed by atoms with Crippen LogP contribution in [0.3, 0.4) is 0 Å². The van der Waals surface area contributed by atoms with Crippen LogP contribution in [0.2, 0.25) is 0 Å². The van der Waals surface area contributed by atoms with Gasteiger partial charge in [0, 0.05) is 18.5 Å². The Kier molecular flexibility index (Phi) is 7.80. The van der Waals surface area contributed by atoms with E-state index in [9.17, 15) is 9.59 Å². The van der Waals surface area contributed by atoms with Gasteiger partial charge in [0.1, 0.15) is 5.78 Å². The number of carbonyl (C=O) groups excluding carboxylic acids is 2. The van der Waals surface area contributed by atoms with Crippen LogP contribution in [0.4, 0.5) is 0 Å². The molecule has 0 atom stereocenters. The molecule has 1 rings (SSSR count). The van der Waals surface area contributed by atoms with Crippen LogP contribution in [0.25, 0.3) is 0 Å². The van der Waals surface area contributed by atoms with Crippen LogP contribution < -0.4 is 0 Å². The number of hydrogen-bond acceptors (Lipinski definition) is 2. The van der Waals surface area contributed by atoms with Gasteiger partial charge in [0.05, 0.1) is 5.41 Å². The van der Waals surface area contributed by atoms with Crippen molar-refractivity contribution in [1.29, 1.82) is 0 Å². The van der Waals surface area contributed by atoms with Crippen LogP contribution in [0.5, 0.6) is 0 Å². The minimum Gasteiger partial charge on any atom is -0.342 e. The average molecular weight is 312 g/mol. The van der Waals surface area contributed by atoms with Crippen molar-refractivity contribution >= 4 is 11.7 Å². The zero-order valence-electron chi connectivity index (χ0n) is 16.2. The van der Waals surface area contributed by atoms with Crippen molar-refractivity contribution < 1.29 is 9.59 Å². The van der Waals surface area contributed by atoms with E-state index in [1.807, 2.05) is 46.4 Å². The number of ketones is 1. The van der Waals surface area contributed by atoms with E-state index in [0.29, 0.717) is 5.92 Å². The molecule has 1 heterocycles. The van der Waals surface area contributed by atoms with Gasteiger partial charge in [0.15, 0.2) is 0 Å². The molecule has 0 unspecified atom stereocenters. The van der Waals surface area contributed by atoms with Gasteiger partial charge in [-0.15, -0.1) is 0 Å². The molecule has 0 aliphatic carbocycles. The zero-order valence-corrected chi connectivity index (χ0v) is 16.2. The Labute approximate surface area is 137 Å². The highest BCUT2D eigenvalue weighted by atomic mass is 16.2. The number of amides is 1. The third kappa shape index (κ3) is 4.33. The number of Topliss-reactive ketones (excluding diaryl/α,β-unsaturated/α-hetero) is 1. The van der Waals surface area contributed by atoms with Crippen LogP contribution >= 0.6 is 0 Å². The molecule has 1 aliphatic rings. The van der Waals surface area contributed by atoms with E-state index in [2.05, 4.69) is 13.8 Å².